The van der Waals surface area contributed by atoms with Gasteiger partial charge < -0.3 is 10.2 Å². The Kier molecular flexibility index (Phi) is 5.12. The lowest BCUT2D eigenvalue weighted by molar-refractivity contribution is -0.130. The van der Waals surface area contributed by atoms with Crippen LogP contribution in [0.4, 0.5) is 10.1 Å². The van der Waals surface area contributed by atoms with E-state index in [0.717, 1.165) is 32.7 Å². The van der Waals surface area contributed by atoms with E-state index in [9.17, 15) is 9.18 Å². The molecule has 1 aromatic rings. The van der Waals surface area contributed by atoms with Crippen LogP contribution in [-0.2, 0) is 4.79 Å². The average molecular weight is 290 g/mol. The highest BCUT2D eigenvalue weighted by Gasteiger charge is 2.18. The van der Waals surface area contributed by atoms with E-state index >= 15 is 0 Å². The summed E-state index contributed by atoms with van der Waals surface area (Å²) in [7, 11) is 0. The van der Waals surface area contributed by atoms with Gasteiger partial charge in [-0.1, -0.05) is 6.07 Å². The zero-order chi connectivity index (χ0) is 15.2. The molecule has 0 aliphatic carbocycles. The number of hydrogen-bond acceptors (Lipinski definition) is 4. The molecule has 0 spiro atoms. The first-order valence-corrected chi connectivity index (χ1v) is 7.02. The number of carbonyl (C=O) groups excluding carboxylic acids is 1. The SMILES string of the molecule is CC(=O)N1CCN(CCNc2cccc(F)c2C#N)CC1. The summed E-state index contributed by atoms with van der Waals surface area (Å²) in [6.07, 6.45) is 0. The Morgan fingerprint density at radius 3 is 2.71 bits per heavy atom. The van der Waals surface area contributed by atoms with Crippen molar-refractivity contribution in [2.75, 3.05) is 44.6 Å². The van der Waals surface area contributed by atoms with Crippen molar-refractivity contribution < 1.29 is 9.18 Å². The van der Waals surface area contributed by atoms with Gasteiger partial charge in [0.15, 0.2) is 0 Å². The number of rotatable bonds is 4. The van der Waals surface area contributed by atoms with Crippen LogP contribution in [0.3, 0.4) is 0 Å². The molecule has 0 unspecified atom stereocenters. The van der Waals surface area contributed by atoms with Crippen LogP contribution in [0, 0.1) is 17.1 Å². The number of nitrogens with zero attached hydrogens (tertiary/aromatic N) is 3. The van der Waals surface area contributed by atoms with Gasteiger partial charge in [-0.05, 0) is 12.1 Å². The zero-order valence-electron chi connectivity index (χ0n) is 12.1. The molecule has 6 heteroatoms. The maximum absolute atomic E-state index is 13.4. The first kappa shape index (κ1) is 15.3. The van der Waals surface area contributed by atoms with Crippen molar-refractivity contribution in [1.82, 2.24) is 9.80 Å². The maximum Gasteiger partial charge on any atom is 0.219 e. The molecule has 1 fully saturated rings. The second-order valence-corrected chi connectivity index (χ2v) is 5.05. The molecule has 1 aliphatic heterocycles. The number of hydrogen-bond donors (Lipinski definition) is 1. The molecule has 1 aliphatic rings. The molecule has 21 heavy (non-hydrogen) atoms. The molecule has 1 aromatic carbocycles. The first-order valence-electron chi connectivity index (χ1n) is 7.02. The third-order valence-corrected chi connectivity index (χ3v) is 3.69. The van der Waals surface area contributed by atoms with E-state index < -0.39 is 5.82 Å². The fraction of sp³-hybridized carbons (Fsp3) is 0.467. The van der Waals surface area contributed by atoms with Gasteiger partial charge in [0.25, 0.3) is 0 Å². The Morgan fingerprint density at radius 1 is 1.38 bits per heavy atom. The second-order valence-electron chi connectivity index (χ2n) is 5.05. The number of nitrogens with one attached hydrogen (secondary N) is 1. The van der Waals surface area contributed by atoms with Crippen molar-refractivity contribution in [2.24, 2.45) is 0 Å². The Balaban J connectivity index is 1.80. The van der Waals surface area contributed by atoms with Crippen molar-refractivity contribution in [3.05, 3.63) is 29.6 Å². The molecule has 2 rings (SSSR count). The fourth-order valence-corrected chi connectivity index (χ4v) is 2.42. The van der Waals surface area contributed by atoms with Crippen LogP contribution >= 0.6 is 0 Å². The lowest BCUT2D eigenvalue weighted by atomic mass is 10.2. The first-order chi connectivity index (χ1) is 10.1. The van der Waals surface area contributed by atoms with Gasteiger partial charge in [0.1, 0.15) is 17.4 Å². The van der Waals surface area contributed by atoms with Gasteiger partial charge in [-0.2, -0.15) is 5.26 Å². The van der Waals surface area contributed by atoms with Gasteiger partial charge in [0.05, 0.1) is 5.69 Å². The van der Waals surface area contributed by atoms with Crippen molar-refractivity contribution >= 4 is 11.6 Å². The van der Waals surface area contributed by atoms with Gasteiger partial charge in [-0.15, -0.1) is 0 Å². The number of piperazine rings is 1. The molecule has 0 atom stereocenters. The van der Waals surface area contributed by atoms with Crippen LogP contribution in [0.5, 0.6) is 0 Å². The summed E-state index contributed by atoms with van der Waals surface area (Å²) in [5, 5.41) is 12.1. The second kappa shape index (κ2) is 7.04. The Labute approximate surface area is 123 Å². The summed E-state index contributed by atoms with van der Waals surface area (Å²) >= 11 is 0. The van der Waals surface area contributed by atoms with Crippen LogP contribution in [0.15, 0.2) is 18.2 Å². The average Bonchev–Trinajstić information content (AvgIpc) is 2.48. The van der Waals surface area contributed by atoms with Crippen LogP contribution in [0.1, 0.15) is 12.5 Å². The number of nitriles is 1. The van der Waals surface area contributed by atoms with Crippen LogP contribution in [-0.4, -0.2) is 55.0 Å². The molecule has 1 heterocycles. The fourth-order valence-electron chi connectivity index (χ4n) is 2.42. The number of carbonyl (C=O) groups is 1. The quantitative estimate of drug-likeness (QED) is 0.907. The standard InChI is InChI=1S/C15H19FN4O/c1-12(21)20-9-7-19(8-10-20)6-5-18-15-4-2-3-14(16)13(15)11-17/h2-4,18H,5-10H2,1H3. The van der Waals surface area contributed by atoms with E-state index in [-0.39, 0.29) is 11.5 Å². The Morgan fingerprint density at radius 2 is 2.10 bits per heavy atom. The summed E-state index contributed by atoms with van der Waals surface area (Å²) in [5.74, 6) is -0.385. The molecule has 5 nitrogen and oxygen atoms in total. The highest BCUT2D eigenvalue weighted by Crippen LogP contribution is 2.17. The van der Waals surface area contributed by atoms with Crippen molar-refractivity contribution in [1.29, 1.82) is 5.26 Å². The predicted molar refractivity (Wildman–Crippen MR) is 78.3 cm³/mol. The van der Waals surface area contributed by atoms with E-state index in [1.54, 1.807) is 19.1 Å². The molecule has 0 saturated carbocycles. The minimum Gasteiger partial charge on any atom is -0.383 e. The van der Waals surface area contributed by atoms with E-state index in [1.165, 1.54) is 6.07 Å². The van der Waals surface area contributed by atoms with Gasteiger partial charge in [0.2, 0.25) is 5.91 Å². The van der Waals surface area contributed by atoms with E-state index in [4.69, 9.17) is 5.26 Å². The third-order valence-electron chi connectivity index (χ3n) is 3.69. The van der Waals surface area contributed by atoms with Crippen molar-refractivity contribution in [3.8, 4) is 6.07 Å². The summed E-state index contributed by atoms with van der Waals surface area (Å²) in [6, 6.07) is 6.45. The van der Waals surface area contributed by atoms with Crippen LogP contribution in [0.2, 0.25) is 0 Å². The normalized spacial score (nSPS) is 15.6. The summed E-state index contributed by atoms with van der Waals surface area (Å²) < 4.78 is 13.4. The summed E-state index contributed by atoms with van der Waals surface area (Å²) in [6.45, 7) is 6.21. The predicted octanol–water partition coefficient (Wildman–Crippen LogP) is 1.27. The Bertz CT molecular complexity index is 547. The zero-order valence-corrected chi connectivity index (χ0v) is 12.1. The molecular formula is C15H19FN4O. The van der Waals surface area contributed by atoms with Gasteiger partial charge in [-0.3, -0.25) is 9.69 Å². The van der Waals surface area contributed by atoms with Crippen LogP contribution < -0.4 is 5.32 Å². The number of halogens is 1. The highest BCUT2D eigenvalue weighted by atomic mass is 19.1. The molecule has 1 saturated heterocycles. The number of amides is 1. The van der Waals surface area contributed by atoms with Crippen molar-refractivity contribution in [2.45, 2.75) is 6.92 Å². The largest absolute Gasteiger partial charge is 0.383 e. The Hall–Kier alpha value is -2.13. The molecule has 0 bridgehead atoms. The minimum atomic E-state index is -0.502. The lowest BCUT2D eigenvalue weighted by Gasteiger charge is -2.34. The molecular weight excluding hydrogens is 271 g/mol. The third kappa shape index (κ3) is 3.92. The van der Waals surface area contributed by atoms with Gasteiger partial charge in [-0.25, -0.2) is 4.39 Å². The molecule has 112 valence electrons. The highest BCUT2D eigenvalue weighted by molar-refractivity contribution is 5.73. The van der Waals surface area contributed by atoms with E-state index in [2.05, 4.69) is 10.2 Å². The molecule has 1 amide bonds. The van der Waals surface area contributed by atoms with Gasteiger partial charge >= 0.3 is 0 Å². The van der Waals surface area contributed by atoms with E-state index in [1.807, 2.05) is 11.0 Å². The van der Waals surface area contributed by atoms with E-state index in [0.29, 0.717) is 12.2 Å². The monoisotopic (exact) mass is 290 g/mol. The molecule has 0 aromatic heterocycles. The number of benzene rings is 1. The summed E-state index contributed by atoms with van der Waals surface area (Å²) in [4.78, 5) is 15.3. The lowest BCUT2D eigenvalue weighted by Crippen LogP contribution is -2.49. The van der Waals surface area contributed by atoms with Crippen LogP contribution in [0.25, 0.3) is 0 Å². The van der Waals surface area contributed by atoms with Gasteiger partial charge in [0, 0.05) is 46.2 Å². The summed E-state index contributed by atoms with van der Waals surface area (Å²) in [5.41, 5.74) is 0.582. The maximum atomic E-state index is 13.4. The topological polar surface area (TPSA) is 59.4 Å². The molecule has 0 radical (unpaired) electrons. The minimum absolute atomic E-state index is 0.0545. The smallest absolute Gasteiger partial charge is 0.219 e. The van der Waals surface area contributed by atoms with Crippen molar-refractivity contribution in [3.63, 3.8) is 0 Å². The molecule has 1 N–H and O–H groups in total. The number of anilines is 1.